The molecule has 0 fully saturated rings. The van der Waals surface area contributed by atoms with Crippen LogP contribution in [0.1, 0.15) is 11.3 Å². The fourth-order valence-corrected chi connectivity index (χ4v) is 1.02. The average molecular weight is 200 g/mol. The van der Waals surface area contributed by atoms with Crippen molar-refractivity contribution in [2.45, 2.75) is 19.4 Å². The predicted octanol–water partition coefficient (Wildman–Crippen LogP) is -0.0540. The Labute approximate surface area is 80.6 Å². The highest BCUT2D eigenvalue weighted by molar-refractivity contribution is 5.73. The second kappa shape index (κ2) is 4.10. The third kappa shape index (κ3) is 2.02. The van der Waals surface area contributed by atoms with E-state index in [0.717, 1.165) is 0 Å². The first-order valence-electron chi connectivity index (χ1n) is 4.03. The number of hydrogen-bond acceptors (Lipinski definition) is 5. The molecule has 0 bridgehead atoms. The van der Waals surface area contributed by atoms with Crippen molar-refractivity contribution in [2.75, 3.05) is 7.11 Å². The van der Waals surface area contributed by atoms with E-state index in [1.54, 1.807) is 6.92 Å². The van der Waals surface area contributed by atoms with Gasteiger partial charge in [-0.1, -0.05) is 0 Å². The van der Waals surface area contributed by atoms with Crippen LogP contribution in [0.25, 0.3) is 0 Å². The molecule has 0 aromatic carbocycles. The van der Waals surface area contributed by atoms with Crippen LogP contribution < -0.4 is 10.5 Å². The number of ether oxygens (including phenoxy) is 1. The van der Waals surface area contributed by atoms with Gasteiger partial charge in [-0.2, -0.15) is 0 Å². The smallest absolute Gasteiger partial charge is 0.320 e. The summed E-state index contributed by atoms with van der Waals surface area (Å²) in [6, 6.07) is -0.980. The summed E-state index contributed by atoms with van der Waals surface area (Å²) in [6.45, 7) is 1.74. The molecule has 1 aromatic heterocycles. The molecule has 0 radical (unpaired) electrons. The van der Waals surface area contributed by atoms with Crippen LogP contribution in [-0.4, -0.2) is 29.4 Å². The highest BCUT2D eigenvalue weighted by atomic mass is 16.5. The highest BCUT2D eigenvalue weighted by Crippen LogP contribution is 2.20. The lowest BCUT2D eigenvalue weighted by molar-refractivity contribution is -0.138. The third-order valence-corrected chi connectivity index (χ3v) is 1.89. The van der Waals surface area contributed by atoms with Crippen LogP contribution in [0, 0.1) is 6.92 Å². The number of aliphatic carboxylic acids is 1. The summed E-state index contributed by atoms with van der Waals surface area (Å²) in [6.07, 6.45) is 0.109. The second-order valence-corrected chi connectivity index (χ2v) is 2.89. The molecular formula is C8H12N2O4. The Balaban J connectivity index is 2.77. The van der Waals surface area contributed by atoms with Gasteiger partial charge in [-0.05, 0) is 12.1 Å². The SMILES string of the molecule is COc1noc(C[C@H](N)C(=O)O)c1C. The number of rotatable bonds is 4. The van der Waals surface area contributed by atoms with Gasteiger partial charge in [0.1, 0.15) is 11.8 Å². The topological polar surface area (TPSA) is 98.6 Å². The second-order valence-electron chi connectivity index (χ2n) is 2.89. The molecule has 0 saturated carbocycles. The highest BCUT2D eigenvalue weighted by Gasteiger charge is 2.19. The van der Waals surface area contributed by atoms with Gasteiger partial charge in [-0.3, -0.25) is 4.79 Å². The molecule has 3 N–H and O–H groups in total. The molecule has 0 aliphatic heterocycles. The lowest BCUT2D eigenvalue weighted by Gasteiger charge is -2.02. The van der Waals surface area contributed by atoms with Crippen molar-refractivity contribution in [1.29, 1.82) is 0 Å². The van der Waals surface area contributed by atoms with Crippen molar-refractivity contribution in [2.24, 2.45) is 5.73 Å². The Kier molecular flexibility index (Phi) is 3.08. The fourth-order valence-electron chi connectivity index (χ4n) is 1.02. The van der Waals surface area contributed by atoms with Crippen molar-refractivity contribution in [3.63, 3.8) is 0 Å². The van der Waals surface area contributed by atoms with E-state index in [-0.39, 0.29) is 6.42 Å². The third-order valence-electron chi connectivity index (χ3n) is 1.89. The molecule has 0 amide bonds. The predicted molar refractivity (Wildman–Crippen MR) is 47.1 cm³/mol. The van der Waals surface area contributed by atoms with Crippen LogP contribution in [0.15, 0.2) is 4.52 Å². The molecule has 14 heavy (non-hydrogen) atoms. The minimum Gasteiger partial charge on any atom is -0.480 e. The monoisotopic (exact) mass is 200 g/mol. The first-order valence-corrected chi connectivity index (χ1v) is 4.03. The Morgan fingerprint density at radius 3 is 2.86 bits per heavy atom. The number of carboxylic acid groups (broad SMARTS) is 1. The van der Waals surface area contributed by atoms with Gasteiger partial charge >= 0.3 is 5.97 Å². The Hall–Kier alpha value is -1.56. The molecular weight excluding hydrogens is 188 g/mol. The maximum Gasteiger partial charge on any atom is 0.320 e. The quantitative estimate of drug-likeness (QED) is 0.706. The first-order chi connectivity index (χ1) is 6.56. The summed E-state index contributed by atoms with van der Waals surface area (Å²) >= 11 is 0. The van der Waals surface area contributed by atoms with Crippen LogP contribution >= 0.6 is 0 Å². The Morgan fingerprint density at radius 1 is 1.79 bits per heavy atom. The number of carbonyl (C=O) groups is 1. The summed E-state index contributed by atoms with van der Waals surface area (Å²) in [5, 5.41) is 12.2. The van der Waals surface area contributed by atoms with E-state index in [2.05, 4.69) is 5.16 Å². The Bertz CT molecular complexity index is 334. The first kappa shape index (κ1) is 10.5. The zero-order valence-electron chi connectivity index (χ0n) is 7.98. The fraction of sp³-hybridized carbons (Fsp3) is 0.500. The maximum absolute atomic E-state index is 10.5. The van der Waals surface area contributed by atoms with Crippen LogP contribution in [0.2, 0.25) is 0 Å². The summed E-state index contributed by atoms with van der Waals surface area (Å²) in [5.74, 6) is -0.269. The van der Waals surface area contributed by atoms with Crippen molar-refractivity contribution in [3.05, 3.63) is 11.3 Å². The molecule has 0 saturated heterocycles. The molecule has 0 unspecified atom stereocenters. The lowest BCUT2D eigenvalue weighted by Crippen LogP contribution is -2.32. The maximum atomic E-state index is 10.5. The summed E-state index contributed by atoms with van der Waals surface area (Å²) < 4.78 is 9.76. The summed E-state index contributed by atoms with van der Waals surface area (Å²) in [4.78, 5) is 10.5. The van der Waals surface area contributed by atoms with Gasteiger partial charge in [0.25, 0.3) is 5.88 Å². The summed E-state index contributed by atoms with van der Waals surface area (Å²) in [5.41, 5.74) is 6.02. The summed E-state index contributed by atoms with van der Waals surface area (Å²) in [7, 11) is 1.46. The lowest BCUT2D eigenvalue weighted by atomic mass is 10.1. The normalized spacial score (nSPS) is 12.5. The molecule has 6 heteroatoms. The van der Waals surface area contributed by atoms with Crippen LogP contribution in [-0.2, 0) is 11.2 Å². The van der Waals surface area contributed by atoms with E-state index in [1.165, 1.54) is 7.11 Å². The molecule has 1 atom stereocenters. The molecule has 6 nitrogen and oxygen atoms in total. The molecule has 0 aliphatic rings. The zero-order valence-corrected chi connectivity index (χ0v) is 7.98. The van der Waals surface area contributed by atoms with E-state index < -0.39 is 12.0 Å². The minimum absolute atomic E-state index is 0.109. The molecule has 1 aromatic rings. The van der Waals surface area contributed by atoms with Crippen molar-refractivity contribution < 1.29 is 19.2 Å². The molecule has 1 heterocycles. The van der Waals surface area contributed by atoms with Gasteiger partial charge < -0.3 is 20.1 Å². The number of methoxy groups -OCH3 is 1. The molecule has 0 spiro atoms. The van der Waals surface area contributed by atoms with E-state index >= 15 is 0 Å². The van der Waals surface area contributed by atoms with Gasteiger partial charge in [0.15, 0.2) is 0 Å². The standard InChI is InChI=1S/C8H12N2O4/c1-4-6(3-5(9)8(11)12)14-10-7(4)13-2/h5H,3,9H2,1-2H3,(H,11,12)/t5-/m0/s1. The number of carboxylic acids is 1. The van der Waals surface area contributed by atoms with Crippen LogP contribution in [0.3, 0.4) is 0 Å². The van der Waals surface area contributed by atoms with E-state index in [0.29, 0.717) is 17.2 Å². The van der Waals surface area contributed by atoms with Crippen molar-refractivity contribution in [1.82, 2.24) is 5.16 Å². The molecule has 78 valence electrons. The number of hydrogen-bond donors (Lipinski definition) is 2. The molecule has 1 rings (SSSR count). The van der Waals surface area contributed by atoms with Crippen LogP contribution in [0.5, 0.6) is 5.88 Å². The number of nitrogens with zero attached hydrogens (tertiary/aromatic N) is 1. The van der Waals surface area contributed by atoms with Gasteiger partial charge in [-0.15, -0.1) is 0 Å². The van der Waals surface area contributed by atoms with Gasteiger partial charge in [0, 0.05) is 6.42 Å². The van der Waals surface area contributed by atoms with Crippen molar-refractivity contribution in [3.8, 4) is 5.88 Å². The van der Waals surface area contributed by atoms with Crippen LogP contribution in [0.4, 0.5) is 0 Å². The van der Waals surface area contributed by atoms with E-state index in [9.17, 15) is 4.79 Å². The number of nitrogens with two attached hydrogens (primary N) is 1. The van der Waals surface area contributed by atoms with E-state index in [1.807, 2.05) is 0 Å². The molecule has 0 aliphatic carbocycles. The minimum atomic E-state index is -1.07. The van der Waals surface area contributed by atoms with Gasteiger partial charge in [0.2, 0.25) is 0 Å². The van der Waals surface area contributed by atoms with Gasteiger partial charge in [0.05, 0.1) is 12.7 Å². The van der Waals surface area contributed by atoms with Gasteiger partial charge in [-0.25, -0.2) is 0 Å². The Morgan fingerprint density at radius 2 is 2.43 bits per heavy atom. The van der Waals surface area contributed by atoms with E-state index in [4.69, 9.17) is 20.1 Å². The number of aromatic nitrogens is 1. The largest absolute Gasteiger partial charge is 0.480 e. The van der Waals surface area contributed by atoms with Crippen molar-refractivity contribution >= 4 is 5.97 Å². The average Bonchev–Trinajstić information content (AvgIpc) is 2.47. The zero-order chi connectivity index (χ0) is 10.7.